The summed E-state index contributed by atoms with van der Waals surface area (Å²) in [7, 11) is 0. The van der Waals surface area contributed by atoms with E-state index in [1.807, 2.05) is 0 Å². The number of fused-ring (bicyclic) bond motifs is 1. The molecular formula is C8H2MgO8. The minimum absolute atomic E-state index is 0. The summed E-state index contributed by atoms with van der Waals surface area (Å²) < 4.78 is 8.86. The van der Waals surface area contributed by atoms with E-state index in [9.17, 15) is 20.1 Å². The average Bonchev–Trinajstić information content (AvgIpc) is 2.27. The molecule has 0 aliphatic rings. The van der Waals surface area contributed by atoms with Crippen LogP contribution in [0.5, 0.6) is 0 Å². The molecular weight excluding hydrogens is 248 g/mol. The van der Waals surface area contributed by atoms with Gasteiger partial charge in [0.1, 0.15) is 5.56 Å². The first kappa shape index (κ1) is 13.5. The smallest absolute Gasteiger partial charge is 0.661 e. The zero-order valence-corrected chi connectivity index (χ0v) is 9.54. The largest absolute Gasteiger partial charge is 2.00 e. The summed E-state index contributed by atoms with van der Waals surface area (Å²) in [4.78, 5) is 28.5. The van der Waals surface area contributed by atoms with Crippen molar-refractivity contribution in [2.45, 2.75) is 0 Å². The molecule has 84 valence electrons. The number of benzene rings is 1. The number of carbonyl (C=O) groups is 2. The first-order chi connectivity index (χ1) is 7.69. The van der Waals surface area contributed by atoms with Crippen LogP contribution in [0.3, 0.4) is 0 Å². The Bertz CT molecular complexity index is 553. The predicted molar refractivity (Wildman–Crippen MR) is 45.1 cm³/mol. The van der Waals surface area contributed by atoms with Gasteiger partial charge in [-0.15, -0.1) is 0 Å². The van der Waals surface area contributed by atoms with Crippen molar-refractivity contribution in [1.29, 1.82) is 0 Å². The Hall–Kier alpha value is -1.55. The van der Waals surface area contributed by atoms with Crippen molar-refractivity contribution >= 4 is 46.2 Å². The second kappa shape index (κ2) is 5.18. The third-order valence-electron chi connectivity index (χ3n) is 1.91. The van der Waals surface area contributed by atoms with E-state index in [2.05, 4.69) is 18.9 Å². The van der Waals surface area contributed by atoms with Crippen LogP contribution in [0.1, 0.15) is 20.7 Å². The third-order valence-corrected chi connectivity index (χ3v) is 1.91. The molecule has 0 fully saturated rings. The minimum Gasteiger partial charge on any atom is -0.661 e. The van der Waals surface area contributed by atoms with Gasteiger partial charge in [0.25, 0.3) is 0 Å². The van der Waals surface area contributed by atoms with Crippen LogP contribution in [0, 0.1) is 0 Å². The molecule has 0 N–H and O–H groups in total. The second-order valence-electron chi connectivity index (χ2n) is 2.72. The zero-order chi connectivity index (χ0) is 11.7. The van der Waals surface area contributed by atoms with Gasteiger partial charge in [0.15, 0.2) is 0 Å². The Labute approximate surface area is 109 Å². The quantitative estimate of drug-likeness (QED) is 0.358. The van der Waals surface area contributed by atoms with Gasteiger partial charge in [-0.05, 0) is 12.1 Å². The van der Waals surface area contributed by atoms with Gasteiger partial charge in [-0.3, -0.25) is 9.15 Å². The van der Waals surface area contributed by atoms with Crippen LogP contribution < -0.4 is 10.5 Å². The maximum Gasteiger partial charge on any atom is 2.00 e. The topological polar surface area (TPSA) is 125 Å². The summed E-state index contributed by atoms with van der Waals surface area (Å²) in [6, 6.07) is 2.35. The molecule has 0 aliphatic heterocycles. The Morgan fingerprint density at radius 1 is 1.06 bits per heavy atom. The Morgan fingerprint density at radius 2 is 1.71 bits per heavy atom. The zero-order valence-electron chi connectivity index (χ0n) is 8.13. The molecule has 17 heavy (non-hydrogen) atoms. The van der Waals surface area contributed by atoms with Crippen LogP contribution in [0.4, 0.5) is 0 Å². The van der Waals surface area contributed by atoms with Gasteiger partial charge >= 0.3 is 35.0 Å². The van der Waals surface area contributed by atoms with E-state index >= 15 is 0 Å². The molecule has 1 aromatic heterocycles. The van der Waals surface area contributed by atoms with Crippen LogP contribution in [0.15, 0.2) is 21.3 Å². The van der Waals surface area contributed by atoms with E-state index in [-0.39, 0.29) is 34.2 Å². The Balaban J connectivity index is 0.00000144. The molecule has 0 bridgehead atoms. The number of carbonyl (C=O) groups excluding carboxylic acids is 2. The Morgan fingerprint density at radius 3 is 2.18 bits per heavy atom. The maximum atomic E-state index is 11.1. The molecule has 1 heterocycles. The average molecular weight is 250 g/mol. The van der Waals surface area contributed by atoms with E-state index < -0.39 is 23.1 Å². The molecule has 0 atom stereocenters. The minimum atomic E-state index is -1.37. The van der Waals surface area contributed by atoms with Gasteiger partial charge in [-0.25, -0.2) is 9.59 Å². The monoisotopic (exact) mass is 250 g/mol. The van der Waals surface area contributed by atoms with E-state index in [1.54, 1.807) is 0 Å². The maximum absolute atomic E-state index is 11.1. The van der Waals surface area contributed by atoms with Gasteiger partial charge in [-0.2, -0.15) is 0 Å². The standard InChI is InChI=1S/C8H4O8.Mg/c9-7(13-11)3-1-2-4-6(16-15-4)5(3)8(10)14-12;/h1-2,11-12H;/q;+2/p-2. The fraction of sp³-hybridized carbons (Fsp3) is 0. The SMILES string of the molecule is O=C(O[O-])c1ccc2ooc2c1C(=O)O[O-].[Mg+2]. The van der Waals surface area contributed by atoms with Crippen molar-refractivity contribution in [3.63, 3.8) is 0 Å². The van der Waals surface area contributed by atoms with Crippen LogP contribution in [-0.2, 0) is 9.78 Å². The van der Waals surface area contributed by atoms with Crippen molar-refractivity contribution < 1.29 is 39.0 Å². The second-order valence-corrected chi connectivity index (χ2v) is 2.72. The summed E-state index contributed by atoms with van der Waals surface area (Å²) in [6.07, 6.45) is 0. The number of rotatable bonds is 2. The van der Waals surface area contributed by atoms with E-state index in [1.165, 1.54) is 6.07 Å². The number of hydrogen-bond donors (Lipinski definition) is 0. The molecule has 0 saturated heterocycles. The summed E-state index contributed by atoms with van der Waals surface area (Å²) in [6.45, 7) is 0. The summed E-state index contributed by atoms with van der Waals surface area (Å²) in [5.74, 6) is -2.71. The molecule has 2 rings (SSSR count). The van der Waals surface area contributed by atoms with Crippen molar-refractivity contribution in [2.75, 3.05) is 0 Å². The predicted octanol–water partition coefficient (Wildman–Crippen LogP) is -1.49. The number of hydrogen-bond acceptors (Lipinski definition) is 8. The molecule has 1 aromatic carbocycles. The fourth-order valence-electron chi connectivity index (χ4n) is 1.22. The molecule has 0 radical (unpaired) electrons. The van der Waals surface area contributed by atoms with Crippen LogP contribution >= 0.6 is 0 Å². The normalized spacial score (nSPS) is 9.76. The molecule has 2 aromatic rings. The van der Waals surface area contributed by atoms with E-state index in [0.29, 0.717) is 0 Å². The van der Waals surface area contributed by atoms with Crippen molar-refractivity contribution in [3.8, 4) is 0 Å². The van der Waals surface area contributed by atoms with Crippen LogP contribution in [0.2, 0.25) is 0 Å². The molecule has 9 heteroatoms. The third kappa shape index (κ3) is 2.13. The summed E-state index contributed by atoms with van der Waals surface area (Å²) in [5.41, 5.74) is -0.941. The van der Waals surface area contributed by atoms with Crippen LogP contribution in [-0.4, -0.2) is 35.0 Å². The first-order valence-corrected chi connectivity index (χ1v) is 3.89. The Kier molecular flexibility index (Phi) is 4.12. The van der Waals surface area contributed by atoms with Gasteiger partial charge in [0.05, 0.1) is 5.56 Å². The van der Waals surface area contributed by atoms with E-state index in [0.717, 1.165) is 6.07 Å². The summed E-state index contributed by atoms with van der Waals surface area (Å²) in [5, 5.41) is 20.0. The van der Waals surface area contributed by atoms with Crippen molar-refractivity contribution in [1.82, 2.24) is 0 Å². The van der Waals surface area contributed by atoms with Crippen molar-refractivity contribution in [2.24, 2.45) is 0 Å². The summed E-state index contributed by atoms with van der Waals surface area (Å²) >= 11 is 0. The van der Waals surface area contributed by atoms with E-state index in [4.69, 9.17) is 0 Å². The molecule has 0 saturated carbocycles. The fourth-order valence-corrected chi connectivity index (χ4v) is 1.22. The molecule has 0 unspecified atom stereocenters. The van der Waals surface area contributed by atoms with Gasteiger partial charge < -0.3 is 20.3 Å². The molecule has 0 aliphatic carbocycles. The van der Waals surface area contributed by atoms with Gasteiger partial charge in [0.2, 0.25) is 11.2 Å². The van der Waals surface area contributed by atoms with Crippen LogP contribution in [0.25, 0.3) is 11.2 Å². The first-order valence-electron chi connectivity index (χ1n) is 3.89. The molecule has 0 spiro atoms. The van der Waals surface area contributed by atoms with Crippen molar-refractivity contribution in [3.05, 3.63) is 23.3 Å². The van der Waals surface area contributed by atoms with Gasteiger partial charge in [0, 0.05) is 0 Å². The molecule has 0 amide bonds. The molecule has 8 nitrogen and oxygen atoms in total. The van der Waals surface area contributed by atoms with Gasteiger partial charge in [-0.1, -0.05) is 0 Å².